The molecule has 1 aliphatic rings. The van der Waals surface area contributed by atoms with Crippen LogP contribution in [0.1, 0.15) is 12.5 Å². The Morgan fingerprint density at radius 3 is 2.70 bits per heavy atom. The van der Waals surface area contributed by atoms with Crippen LogP contribution in [0.5, 0.6) is 0 Å². The highest BCUT2D eigenvalue weighted by molar-refractivity contribution is 6.11. The molecule has 20 heavy (non-hydrogen) atoms. The number of esters is 1. The summed E-state index contributed by atoms with van der Waals surface area (Å²) in [4.78, 5) is 15.7. The van der Waals surface area contributed by atoms with E-state index in [0.29, 0.717) is 0 Å². The Kier molecular flexibility index (Phi) is 4.30. The highest BCUT2D eigenvalue weighted by atomic mass is 16.5. The zero-order chi connectivity index (χ0) is 14.4. The molecule has 0 aromatic heterocycles. The largest absolute Gasteiger partial charge is 0.462 e. The fourth-order valence-electron chi connectivity index (χ4n) is 1.68. The van der Waals surface area contributed by atoms with Crippen LogP contribution in [0.4, 0.5) is 0 Å². The summed E-state index contributed by atoms with van der Waals surface area (Å²) in [6.45, 7) is 1.90. The molecule has 0 amide bonds. The Morgan fingerprint density at radius 1 is 1.40 bits per heavy atom. The van der Waals surface area contributed by atoms with Gasteiger partial charge in [-0.1, -0.05) is 30.3 Å². The fraction of sp³-hybridized carbons (Fsp3) is 0.133. The van der Waals surface area contributed by atoms with Crippen molar-refractivity contribution in [2.45, 2.75) is 6.92 Å². The van der Waals surface area contributed by atoms with Gasteiger partial charge in [-0.05, 0) is 12.5 Å². The Balaban J connectivity index is 2.22. The van der Waals surface area contributed by atoms with Crippen LogP contribution in [0.3, 0.4) is 0 Å². The molecule has 2 rings (SSSR count). The van der Waals surface area contributed by atoms with E-state index in [0.717, 1.165) is 11.1 Å². The van der Waals surface area contributed by atoms with Gasteiger partial charge in [0.2, 0.25) is 0 Å². The summed E-state index contributed by atoms with van der Waals surface area (Å²) in [7, 11) is 0. The van der Waals surface area contributed by atoms with Gasteiger partial charge >= 0.3 is 5.97 Å². The van der Waals surface area contributed by atoms with E-state index in [1.165, 1.54) is 0 Å². The lowest BCUT2D eigenvalue weighted by Crippen LogP contribution is -2.17. The van der Waals surface area contributed by atoms with E-state index in [1.807, 2.05) is 36.4 Å². The number of ether oxygens (including phenoxy) is 1. The molecule has 5 nitrogen and oxygen atoms in total. The quantitative estimate of drug-likeness (QED) is 0.516. The van der Waals surface area contributed by atoms with Crippen molar-refractivity contribution in [1.29, 1.82) is 5.26 Å². The standard InChI is InChI=1S/C15H13N3O2/c1-2-20-15(19)13(8-16)14-17-9-12(10-18-14)11-6-4-3-5-7-11/h3-7,9-10,17H,2H2,1H3/b14-13-. The predicted octanol–water partition coefficient (Wildman–Crippen LogP) is 2.00. The Labute approximate surface area is 116 Å². The average Bonchev–Trinajstić information content (AvgIpc) is 2.50. The van der Waals surface area contributed by atoms with Gasteiger partial charge < -0.3 is 10.1 Å². The molecule has 1 aliphatic heterocycles. The first-order chi connectivity index (χ1) is 9.76. The number of hydrogen-bond acceptors (Lipinski definition) is 5. The Hall–Kier alpha value is -2.87. The van der Waals surface area contributed by atoms with Gasteiger partial charge in [0, 0.05) is 18.0 Å². The summed E-state index contributed by atoms with van der Waals surface area (Å²) < 4.78 is 4.81. The molecule has 0 bridgehead atoms. The average molecular weight is 267 g/mol. The highest BCUT2D eigenvalue weighted by Crippen LogP contribution is 2.16. The van der Waals surface area contributed by atoms with Crippen molar-refractivity contribution >= 4 is 17.8 Å². The number of nitrogens with zero attached hydrogens (tertiary/aromatic N) is 2. The zero-order valence-corrected chi connectivity index (χ0v) is 11.0. The molecule has 1 aromatic rings. The second-order valence-electron chi connectivity index (χ2n) is 3.92. The normalized spacial score (nSPS) is 15.7. The van der Waals surface area contributed by atoms with Crippen molar-refractivity contribution in [3.05, 3.63) is 53.5 Å². The molecule has 0 radical (unpaired) electrons. The number of hydrogen-bond donors (Lipinski definition) is 1. The summed E-state index contributed by atoms with van der Waals surface area (Å²) in [5, 5.41) is 11.9. The van der Waals surface area contributed by atoms with Crippen LogP contribution in [0.15, 0.2) is 52.9 Å². The number of rotatable bonds is 3. The second kappa shape index (κ2) is 6.34. The topological polar surface area (TPSA) is 74.5 Å². The summed E-state index contributed by atoms with van der Waals surface area (Å²) in [5.74, 6) is -0.475. The summed E-state index contributed by atoms with van der Waals surface area (Å²) in [6.07, 6.45) is 3.31. The van der Waals surface area contributed by atoms with Crippen molar-refractivity contribution in [1.82, 2.24) is 5.32 Å². The number of benzene rings is 1. The molecule has 0 atom stereocenters. The van der Waals surface area contributed by atoms with Crippen LogP contribution in [0.25, 0.3) is 5.57 Å². The van der Waals surface area contributed by atoms with E-state index in [4.69, 9.17) is 10.00 Å². The van der Waals surface area contributed by atoms with Crippen molar-refractivity contribution in [3.63, 3.8) is 0 Å². The smallest absolute Gasteiger partial charge is 0.352 e. The number of carbonyl (C=O) groups excluding carboxylic acids is 1. The van der Waals surface area contributed by atoms with E-state index in [1.54, 1.807) is 19.3 Å². The van der Waals surface area contributed by atoms with Crippen LogP contribution < -0.4 is 5.32 Å². The van der Waals surface area contributed by atoms with E-state index in [-0.39, 0.29) is 18.0 Å². The maximum atomic E-state index is 11.6. The molecule has 0 saturated carbocycles. The molecule has 0 spiro atoms. The van der Waals surface area contributed by atoms with Crippen LogP contribution in [0, 0.1) is 11.3 Å². The van der Waals surface area contributed by atoms with Crippen molar-refractivity contribution in [2.75, 3.05) is 6.61 Å². The van der Waals surface area contributed by atoms with Gasteiger partial charge in [0.25, 0.3) is 0 Å². The van der Waals surface area contributed by atoms with E-state index in [2.05, 4.69) is 10.3 Å². The maximum Gasteiger partial charge on any atom is 0.352 e. The molecule has 100 valence electrons. The molecule has 0 aliphatic carbocycles. The lowest BCUT2D eigenvalue weighted by atomic mass is 10.1. The molecule has 0 fully saturated rings. The van der Waals surface area contributed by atoms with Crippen molar-refractivity contribution in [2.24, 2.45) is 4.99 Å². The number of nitrogens with one attached hydrogen (secondary N) is 1. The van der Waals surface area contributed by atoms with Crippen molar-refractivity contribution in [3.8, 4) is 6.07 Å². The van der Waals surface area contributed by atoms with Gasteiger partial charge in [0.1, 0.15) is 6.07 Å². The van der Waals surface area contributed by atoms with Gasteiger partial charge in [-0.3, -0.25) is 0 Å². The molecule has 1 aromatic carbocycles. The van der Waals surface area contributed by atoms with Crippen LogP contribution in [0.2, 0.25) is 0 Å². The SMILES string of the molecule is CCOC(=O)/C(C#N)=C1\N=CC(c2ccccc2)=CN1. The summed E-state index contributed by atoms with van der Waals surface area (Å²) >= 11 is 0. The molecular weight excluding hydrogens is 254 g/mol. The van der Waals surface area contributed by atoms with E-state index in [9.17, 15) is 4.79 Å². The first-order valence-electron chi connectivity index (χ1n) is 6.14. The van der Waals surface area contributed by atoms with Crippen molar-refractivity contribution < 1.29 is 9.53 Å². The van der Waals surface area contributed by atoms with Gasteiger partial charge in [-0.2, -0.15) is 5.26 Å². The maximum absolute atomic E-state index is 11.6. The number of aliphatic imine (C=N–C) groups is 1. The first-order valence-corrected chi connectivity index (χ1v) is 6.14. The molecular formula is C15H13N3O2. The minimum atomic E-state index is -0.675. The summed E-state index contributed by atoms with van der Waals surface area (Å²) in [5.41, 5.74) is 1.74. The molecule has 1 N–H and O–H groups in total. The third-order valence-corrected chi connectivity index (χ3v) is 2.63. The molecule has 0 saturated heterocycles. The van der Waals surface area contributed by atoms with Gasteiger partial charge in [0.05, 0.1) is 6.61 Å². The first kappa shape index (κ1) is 13.6. The molecule has 0 unspecified atom stereocenters. The van der Waals surface area contributed by atoms with Crippen LogP contribution in [-0.4, -0.2) is 18.8 Å². The van der Waals surface area contributed by atoms with E-state index >= 15 is 0 Å². The lowest BCUT2D eigenvalue weighted by molar-refractivity contribution is -0.138. The van der Waals surface area contributed by atoms with Gasteiger partial charge in [0.15, 0.2) is 11.4 Å². The van der Waals surface area contributed by atoms with Gasteiger partial charge in [-0.25, -0.2) is 9.79 Å². The fourth-order valence-corrected chi connectivity index (χ4v) is 1.68. The minimum absolute atomic E-state index is 0.133. The minimum Gasteiger partial charge on any atom is -0.462 e. The number of carbonyl (C=O) groups is 1. The second-order valence-corrected chi connectivity index (χ2v) is 3.92. The van der Waals surface area contributed by atoms with Gasteiger partial charge in [-0.15, -0.1) is 0 Å². The molecule has 1 heterocycles. The third-order valence-electron chi connectivity index (χ3n) is 2.63. The van der Waals surface area contributed by atoms with Crippen LogP contribution in [-0.2, 0) is 9.53 Å². The third kappa shape index (κ3) is 2.93. The summed E-state index contributed by atoms with van der Waals surface area (Å²) in [6, 6.07) is 11.5. The number of nitriles is 1. The Bertz CT molecular complexity index is 637. The monoisotopic (exact) mass is 267 g/mol. The predicted molar refractivity (Wildman–Crippen MR) is 75.3 cm³/mol. The lowest BCUT2D eigenvalue weighted by Gasteiger charge is -2.12. The van der Waals surface area contributed by atoms with E-state index < -0.39 is 5.97 Å². The highest BCUT2D eigenvalue weighted by Gasteiger charge is 2.17. The molecule has 5 heteroatoms. The van der Waals surface area contributed by atoms with Crippen LogP contribution >= 0.6 is 0 Å². The zero-order valence-electron chi connectivity index (χ0n) is 11.0. The number of allylic oxidation sites excluding steroid dienone is 1. The Morgan fingerprint density at radius 2 is 2.15 bits per heavy atom.